The Hall–Kier alpha value is -3.51. The van der Waals surface area contributed by atoms with Crippen LogP contribution >= 0.6 is 11.6 Å². The molecule has 7 heteroatoms. The van der Waals surface area contributed by atoms with Crippen LogP contribution in [-0.2, 0) is 0 Å². The van der Waals surface area contributed by atoms with Gasteiger partial charge in [-0.3, -0.25) is 14.2 Å². The Kier molecular flexibility index (Phi) is 5.57. The maximum atomic E-state index is 13.6. The summed E-state index contributed by atoms with van der Waals surface area (Å²) >= 11 is 6.40. The van der Waals surface area contributed by atoms with E-state index in [4.69, 9.17) is 16.6 Å². The van der Waals surface area contributed by atoms with Crippen molar-refractivity contribution in [2.24, 2.45) is 0 Å². The molecule has 1 amide bonds. The lowest BCUT2D eigenvalue weighted by Gasteiger charge is -2.27. The van der Waals surface area contributed by atoms with E-state index in [0.717, 1.165) is 0 Å². The summed E-state index contributed by atoms with van der Waals surface area (Å²) in [6.45, 7) is 1.76. The van der Waals surface area contributed by atoms with Crippen molar-refractivity contribution in [2.45, 2.75) is 13.0 Å². The van der Waals surface area contributed by atoms with Crippen LogP contribution in [0.4, 0.5) is 4.39 Å². The van der Waals surface area contributed by atoms with E-state index in [1.807, 2.05) is 0 Å². The van der Waals surface area contributed by atoms with Gasteiger partial charge < -0.3 is 4.90 Å². The van der Waals surface area contributed by atoms with Crippen LogP contribution in [0.5, 0.6) is 0 Å². The third-order valence-corrected chi connectivity index (χ3v) is 5.56. The molecule has 0 aliphatic carbocycles. The molecule has 0 radical (unpaired) electrons. The summed E-state index contributed by atoms with van der Waals surface area (Å²) in [5, 5.41) is 0.826. The number of aromatic nitrogens is 2. The van der Waals surface area contributed by atoms with Gasteiger partial charge in [-0.15, -0.1) is 0 Å². The number of amides is 1. The molecule has 0 spiro atoms. The molecular formula is C24H19ClFN3O2. The minimum Gasteiger partial charge on any atom is -0.332 e. The van der Waals surface area contributed by atoms with Crippen LogP contribution in [0.25, 0.3) is 16.6 Å². The number of benzene rings is 3. The van der Waals surface area contributed by atoms with Crippen molar-refractivity contribution in [2.75, 3.05) is 7.05 Å². The first-order valence-electron chi connectivity index (χ1n) is 9.68. The first kappa shape index (κ1) is 20.8. The van der Waals surface area contributed by atoms with Crippen molar-refractivity contribution >= 4 is 28.4 Å². The van der Waals surface area contributed by atoms with E-state index >= 15 is 0 Å². The first-order chi connectivity index (χ1) is 14.9. The van der Waals surface area contributed by atoms with Crippen molar-refractivity contribution in [3.8, 4) is 5.69 Å². The van der Waals surface area contributed by atoms with Gasteiger partial charge in [-0.1, -0.05) is 41.9 Å². The molecule has 0 saturated heterocycles. The Morgan fingerprint density at radius 2 is 1.77 bits per heavy atom. The Morgan fingerprint density at radius 1 is 1.06 bits per heavy atom. The van der Waals surface area contributed by atoms with Crippen LogP contribution in [0.1, 0.15) is 29.1 Å². The molecule has 3 aromatic carbocycles. The zero-order chi connectivity index (χ0) is 22.1. The molecule has 0 fully saturated rings. The average Bonchev–Trinajstić information content (AvgIpc) is 2.78. The van der Waals surface area contributed by atoms with Gasteiger partial charge in [0.05, 0.1) is 27.7 Å². The van der Waals surface area contributed by atoms with E-state index in [-0.39, 0.29) is 17.0 Å². The van der Waals surface area contributed by atoms with E-state index in [0.29, 0.717) is 27.4 Å². The number of rotatable bonds is 4. The van der Waals surface area contributed by atoms with Crippen molar-refractivity contribution in [1.29, 1.82) is 0 Å². The lowest BCUT2D eigenvalue weighted by atomic mass is 10.1. The Bertz CT molecular complexity index is 1350. The zero-order valence-electron chi connectivity index (χ0n) is 16.9. The highest BCUT2D eigenvalue weighted by Gasteiger charge is 2.25. The predicted molar refractivity (Wildman–Crippen MR) is 119 cm³/mol. The number of para-hydroxylation sites is 2. The second kappa shape index (κ2) is 8.32. The largest absolute Gasteiger partial charge is 0.332 e. The minimum absolute atomic E-state index is 0.210. The number of nitrogens with zero attached hydrogens (tertiary/aromatic N) is 3. The molecule has 0 aliphatic rings. The molecular weight excluding hydrogens is 417 g/mol. The standard InChI is InChI=1S/C24H19ClFN3O2/c1-15(28(2)23(30)16-8-7-9-17(26)14-16)22-27-20-12-5-3-10-18(20)24(31)29(22)21-13-6-4-11-19(21)25/h3-15H,1-2H3. The molecule has 0 N–H and O–H groups in total. The van der Waals surface area contributed by atoms with Gasteiger partial charge in [-0.2, -0.15) is 0 Å². The fourth-order valence-corrected chi connectivity index (χ4v) is 3.69. The van der Waals surface area contributed by atoms with Crippen LogP contribution in [-0.4, -0.2) is 27.4 Å². The molecule has 4 aromatic rings. The van der Waals surface area contributed by atoms with Crippen molar-refractivity contribution in [3.05, 3.63) is 105 Å². The molecule has 5 nitrogen and oxygen atoms in total. The van der Waals surface area contributed by atoms with Crippen LogP contribution in [0.2, 0.25) is 5.02 Å². The van der Waals surface area contributed by atoms with E-state index < -0.39 is 11.9 Å². The highest BCUT2D eigenvalue weighted by atomic mass is 35.5. The van der Waals surface area contributed by atoms with E-state index in [9.17, 15) is 14.0 Å². The zero-order valence-corrected chi connectivity index (χ0v) is 17.7. The number of carbonyl (C=O) groups is 1. The van der Waals surface area contributed by atoms with Crippen molar-refractivity contribution in [3.63, 3.8) is 0 Å². The van der Waals surface area contributed by atoms with E-state index in [1.54, 1.807) is 68.6 Å². The van der Waals surface area contributed by atoms with Crippen LogP contribution in [0, 0.1) is 5.82 Å². The third kappa shape index (κ3) is 3.82. The molecule has 0 saturated carbocycles. The molecule has 156 valence electrons. The second-order valence-electron chi connectivity index (χ2n) is 7.18. The normalized spacial score (nSPS) is 12.0. The first-order valence-corrected chi connectivity index (χ1v) is 10.1. The maximum Gasteiger partial charge on any atom is 0.266 e. The average molecular weight is 436 g/mol. The van der Waals surface area contributed by atoms with Crippen LogP contribution in [0.15, 0.2) is 77.6 Å². The number of hydrogen-bond donors (Lipinski definition) is 0. The van der Waals surface area contributed by atoms with Gasteiger partial charge in [0.2, 0.25) is 0 Å². The summed E-state index contributed by atoms with van der Waals surface area (Å²) in [6, 6.07) is 18.9. The molecule has 0 aliphatic heterocycles. The van der Waals surface area contributed by atoms with Crippen LogP contribution in [0.3, 0.4) is 0 Å². The molecule has 1 atom stereocenters. The summed E-state index contributed by atoms with van der Waals surface area (Å²) in [5.41, 5.74) is 0.916. The van der Waals surface area contributed by atoms with Gasteiger partial charge in [-0.25, -0.2) is 9.37 Å². The molecule has 1 heterocycles. The monoisotopic (exact) mass is 435 g/mol. The highest BCUT2D eigenvalue weighted by Crippen LogP contribution is 2.26. The van der Waals surface area contributed by atoms with E-state index in [2.05, 4.69) is 0 Å². The van der Waals surface area contributed by atoms with Crippen molar-refractivity contribution < 1.29 is 9.18 Å². The lowest BCUT2D eigenvalue weighted by molar-refractivity contribution is 0.0734. The smallest absolute Gasteiger partial charge is 0.266 e. The van der Waals surface area contributed by atoms with Gasteiger partial charge >= 0.3 is 0 Å². The molecule has 31 heavy (non-hydrogen) atoms. The Morgan fingerprint density at radius 3 is 2.52 bits per heavy atom. The Labute approximate surface area is 183 Å². The number of fused-ring (bicyclic) bond motifs is 1. The van der Waals surface area contributed by atoms with Crippen molar-refractivity contribution in [1.82, 2.24) is 14.5 Å². The number of halogens is 2. The fraction of sp³-hybridized carbons (Fsp3) is 0.125. The van der Waals surface area contributed by atoms with Gasteiger partial charge in [0, 0.05) is 12.6 Å². The second-order valence-corrected chi connectivity index (χ2v) is 7.59. The van der Waals surface area contributed by atoms with E-state index in [1.165, 1.54) is 27.7 Å². The minimum atomic E-state index is -0.607. The topological polar surface area (TPSA) is 55.2 Å². The quantitative estimate of drug-likeness (QED) is 0.452. The molecule has 0 bridgehead atoms. The highest BCUT2D eigenvalue weighted by molar-refractivity contribution is 6.32. The van der Waals surface area contributed by atoms with Gasteiger partial charge in [0.1, 0.15) is 11.6 Å². The summed E-state index contributed by atoms with van der Waals surface area (Å²) in [5.74, 6) is -0.534. The Balaban J connectivity index is 1.90. The number of carbonyl (C=O) groups excluding carboxylic acids is 1. The SMILES string of the molecule is CC(c1nc2ccccc2c(=O)n1-c1ccccc1Cl)N(C)C(=O)c1cccc(F)c1. The summed E-state index contributed by atoms with van der Waals surface area (Å²) in [6.07, 6.45) is 0. The number of hydrogen-bond acceptors (Lipinski definition) is 3. The van der Waals surface area contributed by atoms with Crippen LogP contribution < -0.4 is 5.56 Å². The molecule has 1 unspecified atom stereocenters. The third-order valence-electron chi connectivity index (χ3n) is 5.24. The maximum absolute atomic E-state index is 13.6. The predicted octanol–water partition coefficient (Wildman–Crippen LogP) is 5.01. The van der Waals surface area contributed by atoms with Gasteiger partial charge in [-0.05, 0) is 49.4 Å². The van der Waals surface area contributed by atoms with Gasteiger partial charge in [0.15, 0.2) is 0 Å². The van der Waals surface area contributed by atoms with Gasteiger partial charge in [0.25, 0.3) is 11.5 Å². The molecule has 1 aromatic heterocycles. The lowest BCUT2D eigenvalue weighted by Crippen LogP contribution is -2.35. The molecule has 4 rings (SSSR count). The summed E-state index contributed by atoms with van der Waals surface area (Å²) < 4.78 is 15.1. The summed E-state index contributed by atoms with van der Waals surface area (Å²) in [4.78, 5) is 32.6. The summed E-state index contributed by atoms with van der Waals surface area (Å²) in [7, 11) is 1.59. The fourth-order valence-electron chi connectivity index (χ4n) is 3.47.